The van der Waals surface area contributed by atoms with Gasteiger partial charge in [0.25, 0.3) is 0 Å². The third-order valence-corrected chi connectivity index (χ3v) is 1.94. The van der Waals surface area contributed by atoms with Crippen molar-refractivity contribution in [2.24, 2.45) is 0 Å². The van der Waals surface area contributed by atoms with E-state index in [4.69, 9.17) is 14.9 Å². The van der Waals surface area contributed by atoms with Crippen LogP contribution in [0.5, 0.6) is 5.75 Å². The number of carboxylic acid groups (broad SMARTS) is 1. The summed E-state index contributed by atoms with van der Waals surface area (Å²) >= 11 is 0. The quantitative estimate of drug-likeness (QED) is 0.583. The highest BCUT2D eigenvalue weighted by Gasteiger charge is 2.01. The average molecular weight is 225 g/mol. The third kappa shape index (κ3) is 4.29. The predicted molar refractivity (Wildman–Crippen MR) is 58.9 cm³/mol. The van der Waals surface area contributed by atoms with E-state index in [1.165, 1.54) is 12.1 Å². The number of rotatable bonds is 7. The Balaban J connectivity index is 2.29. The second kappa shape index (κ2) is 6.81. The molecule has 0 saturated carbocycles. The third-order valence-electron chi connectivity index (χ3n) is 1.94. The average Bonchev–Trinajstić information content (AvgIpc) is 2.29. The van der Waals surface area contributed by atoms with Gasteiger partial charge < -0.3 is 20.3 Å². The lowest BCUT2D eigenvalue weighted by Crippen LogP contribution is -2.23. The molecule has 0 saturated heterocycles. The topological polar surface area (TPSA) is 78.8 Å². The van der Waals surface area contributed by atoms with E-state index in [2.05, 4.69) is 5.32 Å². The first-order chi connectivity index (χ1) is 7.74. The first-order valence-electron chi connectivity index (χ1n) is 5.02. The summed E-state index contributed by atoms with van der Waals surface area (Å²) in [6, 6.07) is 6.24. The summed E-state index contributed by atoms with van der Waals surface area (Å²) < 4.78 is 5.35. The van der Waals surface area contributed by atoms with Crippen molar-refractivity contribution in [3.8, 4) is 5.75 Å². The van der Waals surface area contributed by atoms with Gasteiger partial charge >= 0.3 is 5.97 Å². The van der Waals surface area contributed by atoms with Crippen LogP contribution < -0.4 is 10.1 Å². The summed E-state index contributed by atoms with van der Waals surface area (Å²) in [6.45, 7) is 1.77. The zero-order chi connectivity index (χ0) is 11.8. The molecule has 0 atom stereocenters. The first-order valence-corrected chi connectivity index (χ1v) is 5.02. The van der Waals surface area contributed by atoms with Crippen LogP contribution in [0.3, 0.4) is 0 Å². The van der Waals surface area contributed by atoms with Gasteiger partial charge in [0.05, 0.1) is 12.2 Å². The molecule has 0 aromatic heterocycles. The van der Waals surface area contributed by atoms with Crippen molar-refractivity contribution in [1.82, 2.24) is 5.32 Å². The maximum Gasteiger partial charge on any atom is 0.335 e. The van der Waals surface area contributed by atoms with Gasteiger partial charge in [-0.25, -0.2) is 4.79 Å². The van der Waals surface area contributed by atoms with Crippen molar-refractivity contribution in [3.05, 3.63) is 29.8 Å². The van der Waals surface area contributed by atoms with E-state index in [9.17, 15) is 4.79 Å². The minimum atomic E-state index is -0.948. The summed E-state index contributed by atoms with van der Waals surface area (Å²) in [4.78, 5) is 10.6. The molecule has 0 heterocycles. The number of nitrogens with one attached hydrogen (secondary N) is 1. The zero-order valence-electron chi connectivity index (χ0n) is 8.85. The number of aromatic carboxylic acids is 1. The second-order valence-corrected chi connectivity index (χ2v) is 3.15. The Labute approximate surface area is 93.7 Å². The fraction of sp³-hybridized carbons (Fsp3) is 0.364. The van der Waals surface area contributed by atoms with E-state index in [1.807, 2.05) is 0 Å². The SMILES string of the molecule is O=C(O)c1ccc(OCCNCCO)cc1. The van der Waals surface area contributed by atoms with Crippen molar-refractivity contribution >= 4 is 5.97 Å². The Morgan fingerprint density at radius 1 is 1.25 bits per heavy atom. The Hall–Kier alpha value is -1.59. The van der Waals surface area contributed by atoms with Crippen LogP contribution in [-0.4, -0.2) is 42.5 Å². The molecule has 5 heteroatoms. The van der Waals surface area contributed by atoms with Gasteiger partial charge in [0, 0.05) is 13.1 Å². The molecule has 16 heavy (non-hydrogen) atoms. The lowest BCUT2D eigenvalue weighted by Gasteiger charge is -2.06. The van der Waals surface area contributed by atoms with Gasteiger partial charge in [0.2, 0.25) is 0 Å². The highest BCUT2D eigenvalue weighted by molar-refractivity contribution is 5.87. The summed E-state index contributed by atoms with van der Waals surface area (Å²) in [5.74, 6) is -0.313. The van der Waals surface area contributed by atoms with Crippen molar-refractivity contribution in [2.45, 2.75) is 0 Å². The zero-order valence-corrected chi connectivity index (χ0v) is 8.85. The molecule has 88 valence electrons. The van der Waals surface area contributed by atoms with Crippen LogP contribution >= 0.6 is 0 Å². The van der Waals surface area contributed by atoms with Crippen LogP contribution in [0.2, 0.25) is 0 Å². The fourth-order valence-corrected chi connectivity index (χ4v) is 1.14. The summed E-state index contributed by atoms with van der Waals surface area (Å²) in [5, 5.41) is 20.1. The van der Waals surface area contributed by atoms with Crippen molar-refractivity contribution in [3.63, 3.8) is 0 Å². The van der Waals surface area contributed by atoms with Gasteiger partial charge in [-0.2, -0.15) is 0 Å². The molecule has 0 bridgehead atoms. The summed E-state index contributed by atoms with van der Waals surface area (Å²) in [5.41, 5.74) is 0.241. The molecule has 0 fully saturated rings. The number of carboxylic acids is 1. The molecule has 5 nitrogen and oxygen atoms in total. The summed E-state index contributed by atoms with van der Waals surface area (Å²) in [7, 11) is 0. The molecule has 0 aliphatic carbocycles. The van der Waals surface area contributed by atoms with Crippen LogP contribution in [0.15, 0.2) is 24.3 Å². The molecular formula is C11H15NO4. The Kier molecular flexibility index (Phi) is 5.31. The number of hydrogen-bond donors (Lipinski definition) is 3. The van der Waals surface area contributed by atoms with Crippen LogP contribution in [-0.2, 0) is 0 Å². The highest BCUT2D eigenvalue weighted by Crippen LogP contribution is 2.11. The van der Waals surface area contributed by atoms with Crippen LogP contribution in [0.25, 0.3) is 0 Å². The van der Waals surface area contributed by atoms with Crippen LogP contribution in [0.1, 0.15) is 10.4 Å². The summed E-state index contributed by atoms with van der Waals surface area (Å²) in [6.07, 6.45) is 0. The molecule has 0 aliphatic heterocycles. The van der Waals surface area contributed by atoms with Crippen LogP contribution in [0.4, 0.5) is 0 Å². The van der Waals surface area contributed by atoms with E-state index < -0.39 is 5.97 Å². The monoisotopic (exact) mass is 225 g/mol. The van der Waals surface area contributed by atoms with Gasteiger partial charge in [-0.1, -0.05) is 0 Å². The second-order valence-electron chi connectivity index (χ2n) is 3.15. The molecule has 0 radical (unpaired) electrons. The molecule has 1 aromatic carbocycles. The molecule has 0 unspecified atom stereocenters. The Bertz CT molecular complexity index is 323. The maximum absolute atomic E-state index is 10.6. The smallest absolute Gasteiger partial charge is 0.335 e. The number of aliphatic hydroxyl groups excluding tert-OH is 1. The number of ether oxygens (including phenoxy) is 1. The molecular weight excluding hydrogens is 210 g/mol. The van der Waals surface area contributed by atoms with Gasteiger partial charge in [0.15, 0.2) is 0 Å². The number of benzene rings is 1. The molecule has 0 spiro atoms. The van der Waals surface area contributed by atoms with Crippen molar-refractivity contribution in [1.29, 1.82) is 0 Å². The Morgan fingerprint density at radius 3 is 2.50 bits per heavy atom. The van der Waals surface area contributed by atoms with E-state index in [0.717, 1.165) is 0 Å². The minimum absolute atomic E-state index is 0.104. The minimum Gasteiger partial charge on any atom is -0.492 e. The molecule has 3 N–H and O–H groups in total. The number of hydrogen-bond acceptors (Lipinski definition) is 4. The molecule has 0 aliphatic rings. The standard InChI is InChI=1S/C11H15NO4/c13-7-5-12-6-8-16-10-3-1-9(2-4-10)11(14)15/h1-4,12-13H,5-8H2,(H,14,15). The largest absolute Gasteiger partial charge is 0.492 e. The van der Waals surface area contributed by atoms with Crippen LogP contribution in [0, 0.1) is 0 Å². The van der Waals surface area contributed by atoms with Gasteiger partial charge in [-0.3, -0.25) is 0 Å². The van der Waals surface area contributed by atoms with Gasteiger partial charge in [-0.15, -0.1) is 0 Å². The van der Waals surface area contributed by atoms with Gasteiger partial charge in [0.1, 0.15) is 12.4 Å². The van der Waals surface area contributed by atoms with E-state index in [0.29, 0.717) is 25.4 Å². The van der Waals surface area contributed by atoms with Gasteiger partial charge in [-0.05, 0) is 24.3 Å². The van der Waals surface area contributed by atoms with E-state index >= 15 is 0 Å². The number of carbonyl (C=O) groups is 1. The molecule has 1 rings (SSSR count). The normalized spacial score (nSPS) is 10.1. The lowest BCUT2D eigenvalue weighted by molar-refractivity contribution is 0.0697. The number of aliphatic hydroxyl groups is 1. The van der Waals surface area contributed by atoms with E-state index in [1.54, 1.807) is 12.1 Å². The van der Waals surface area contributed by atoms with Crippen molar-refractivity contribution in [2.75, 3.05) is 26.3 Å². The van der Waals surface area contributed by atoms with Crippen molar-refractivity contribution < 1.29 is 19.7 Å². The fourth-order valence-electron chi connectivity index (χ4n) is 1.14. The lowest BCUT2D eigenvalue weighted by atomic mass is 10.2. The molecule has 1 aromatic rings. The molecule has 0 amide bonds. The predicted octanol–water partition coefficient (Wildman–Crippen LogP) is 0.345. The maximum atomic E-state index is 10.6. The first kappa shape index (κ1) is 12.5. The van der Waals surface area contributed by atoms with E-state index in [-0.39, 0.29) is 12.2 Å². The highest BCUT2D eigenvalue weighted by atomic mass is 16.5. The Morgan fingerprint density at radius 2 is 1.94 bits per heavy atom.